The molecule has 3 nitrogen and oxygen atoms in total. The molecule has 0 amide bonds. The van der Waals surface area contributed by atoms with E-state index in [2.05, 4.69) is 37.5 Å². The number of hydrogen-bond donors (Lipinski definition) is 1. The van der Waals surface area contributed by atoms with Gasteiger partial charge in [0.1, 0.15) is 0 Å². The Balaban J connectivity index is 2.15. The number of rotatable bonds is 7. The van der Waals surface area contributed by atoms with E-state index in [1.54, 1.807) is 0 Å². The van der Waals surface area contributed by atoms with E-state index in [0.717, 1.165) is 18.5 Å². The van der Waals surface area contributed by atoms with Gasteiger partial charge < -0.3 is 10.1 Å². The lowest BCUT2D eigenvalue weighted by Gasteiger charge is -2.17. The van der Waals surface area contributed by atoms with Crippen molar-refractivity contribution in [2.45, 2.75) is 32.6 Å². The number of carbonyl (C=O) groups excluding carboxylic acids is 1. The summed E-state index contributed by atoms with van der Waals surface area (Å²) >= 11 is 0. The summed E-state index contributed by atoms with van der Waals surface area (Å²) in [4.78, 5) is 11.5. The Morgan fingerprint density at radius 2 is 1.79 bits per heavy atom. The predicted molar refractivity (Wildman–Crippen MR) is 99.3 cm³/mol. The Morgan fingerprint density at radius 3 is 2.38 bits per heavy atom. The van der Waals surface area contributed by atoms with Crippen LogP contribution in [0.5, 0.6) is 0 Å². The zero-order valence-electron chi connectivity index (χ0n) is 14.6. The summed E-state index contributed by atoms with van der Waals surface area (Å²) in [6.45, 7) is 4.38. The van der Waals surface area contributed by atoms with Crippen molar-refractivity contribution >= 4 is 11.7 Å². The Bertz CT molecular complexity index is 675. The minimum absolute atomic E-state index is 0.285. The third-order valence-corrected chi connectivity index (χ3v) is 4.12. The molecule has 0 aliphatic rings. The molecule has 2 rings (SSSR count). The highest BCUT2D eigenvalue weighted by atomic mass is 16.5. The summed E-state index contributed by atoms with van der Waals surface area (Å²) in [5.41, 5.74) is 4.20. The second kappa shape index (κ2) is 8.92. The van der Waals surface area contributed by atoms with Gasteiger partial charge in [0.2, 0.25) is 0 Å². The van der Waals surface area contributed by atoms with Gasteiger partial charge in [-0.15, -0.1) is 0 Å². The van der Waals surface area contributed by atoms with Crippen molar-refractivity contribution in [3.8, 4) is 0 Å². The van der Waals surface area contributed by atoms with Gasteiger partial charge in [-0.05, 0) is 41.8 Å². The van der Waals surface area contributed by atoms with Crippen LogP contribution in [-0.4, -0.2) is 13.1 Å². The highest BCUT2D eigenvalue weighted by molar-refractivity contribution is 5.89. The number of anilines is 1. The summed E-state index contributed by atoms with van der Waals surface area (Å²) in [7, 11) is 1.40. The summed E-state index contributed by atoms with van der Waals surface area (Å²) in [5, 5.41) is 3.38. The van der Waals surface area contributed by atoms with Gasteiger partial charge in [-0.1, -0.05) is 50.6 Å². The molecule has 1 N–H and O–H groups in total. The van der Waals surface area contributed by atoms with Crippen molar-refractivity contribution in [2.75, 3.05) is 12.4 Å². The molecular weight excluding hydrogens is 298 g/mol. The van der Waals surface area contributed by atoms with Crippen LogP contribution in [0.2, 0.25) is 0 Å². The number of benzene rings is 2. The molecule has 24 heavy (non-hydrogen) atoms. The monoisotopic (exact) mass is 323 g/mol. The lowest BCUT2D eigenvalue weighted by atomic mass is 9.90. The lowest BCUT2D eigenvalue weighted by molar-refractivity contribution is 0.0600. The highest BCUT2D eigenvalue weighted by Gasteiger charge is 2.12. The summed E-state index contributed by atoms with van der Waals surface area (Å²) in [5.74, 6) is -0.0165. The number of para-hydroxylation sites is 1. The average Bonchev–Trinajstić information content (AvgIpc) is 2.65. The van der Waals surface area contributed by atoms with Crippen molar-refractivity contribution in [2.24, 2.45) is 0 Å². The smallest absolute Gasteiger partial charge is 0.337 e. The molecule has 0 aliphatic heterocycles. The van der Waals surface area contributed by atoms with E-state index in [-0.39, 0.29) is 11.9 Å². The minimum Gasteiger partial charge on any atom is -0.465 e. The molecule has 0 radical (unpaired) electrons. The number of nitrogens with one attached hydrogen (secondary N) is 1. The van der Waals surface area contributed by atoms with Gasteiger partial charge in [-0.25, -0.2) is 4.79 Å². The fourth-order valence-electron chi connectivity index (χ4n) is 2.65. The van der Waals surface area contributed by atoms with Crippen molar-refractivity contribution < 1.29 is 9.53 Å². The van der Waals surface area contributed by atoms with Crippen LogP contribution in [0.15, 0.2) is 66.4 Å². The van der Waals surface area contributed by atoms with Crippen LogP contribution < -0.4 is 5.32 Å². The second-order valence-corrected chi connectivity index (χ2v) is 5.81. The quantitative estimate of drug-likeness (QED) is 0.696. The van der Waals surface area contributed by atoms with Crippen molar-refractivity contribution in [3.05, 3.63) is 77.5 Å². The standard InChI is InChI=1S/C21H25NO2/c1-4-8-19(15-22-20-9-6-5-7-10-20)16(2)17-11-13-18(14-12-17)21(23)24-3/h5-7,9-16,22H,4,8H2,1-3H3/b19-15+. The van der Waals surface area contributed by atoms with Gasteiger partial charge in [0, 0.05) is 17.8 Å². The molecule has 2 aromatic rings. The maximum atomic E-state index is 11.5. The van der Waals surface area contributed by atoms with Crippen LogP contribution in [0, 0.1) is 0 Å². The van der Waals surface area contributed by atoms with Crippen LogP contribution >= 0.6 is 0 Å². The van der Waals surface area contributed by atoms with Gasteiger partial charge >= 0.3 is 5.97 Å². The van der Waals surface area contributed by atoms with Crippen molar-refractivity contribution in [1.29, 1.82) is 0 Å². The lowest BCUT2D eigenvalue weighted by Crippen LogP contribution is -2.04. The van der Waals surface area contributed by atoms with E-state index in [4.69, 9.17) is 4.74 Å². The van der Waals surface area contributed by atoms with E-state index >= 15 is 0 Å². The van der Waals surface area contributed by atoms with Gasteiger partial charge in [0.25, 0.3) is 0 Å². The first kappa shape index (κ1) is 17.8. The molecule has 0 spiro atoms. The minimum atomic E-state index is -0.302. The summed E-state index contributed by atoms with van der Waals surface area (Å²) in [6, 6.07) is 17.8. The maximum absolute atomic E-state index is 11.5. The van der Waals surface area contributed by atoms with Gasteiger partial charge in [0.05, 0.1) is 12.7 Å². The van der Waals surface area contributed by atoms with Crippen molar-refractivity contribution in [1.82, 2.24) is 0 Å². The molecule has 0 saturated heterocycles. The van der Waals surface area contributed by atoms with Crippen LogP contribution in [0.25, 0.3) is 0 Å². The first-order chi connectivity index (χ1) is 11.7. The Hall–Kier alpha value is -2.55. The van der Waals surface area contributed by atoms with Gasteiger partial charge in [-0.2, -0.15) is 0 Å². The molecule has 0 bridgehead atoms. The van der Waals surface area contributed by atoms with Crippen LogP contribution in [0.3, 0.4) is 0 Å². The van der Waals surface area contributed by atoms with Crippen molar-refractivity contribution in [3.63, 3.8) is 0 Å². The molecule has 0 heterocycles. The molecule has 0 aromatic heterocycles. The molecule has 0 aliphatic carbocycles. The Labute approximate surface area is 144 Å². The molecule has 1 unspecified atom stereocenters. The first-order valence-corrected chi connectivity index (χ1v) is 8.34. The van der Waals surface area contributed by atoms with E-state index < -0.39 is 0 Å². The van der Waals surface area contributed by atoms with E-state index in [0.29, 0.717) is 5.56 Å². The van der Waals surface area contributed by atoms with Gasteiger partial charge in [-0.3, -0.25) is 0 Å². The largest absolute Gasteiger partial charge is 0.465 e. The zero-order chi connectivity index (χ0) is 17.4. The van der Waals surface area contributed by atoms with E-state index in [1.165, 1.54) is 18.2 Å². The second-order valence-electron chi connectivity index (χ2n) is 5.81. The third kappa shape index (κ3) is 4.72. The molecule has 1 atom stereocenters. The topological polar surface area (TPSA) is 38.3 Å². The fraction of sp³-hybridized carbons (Fsp3) is 0.286. The normalized spacial score (nSPS) is 12.5. The first-order valence-electron chi connectivity index (χ1n) is 8.34. The number of allylic oxidation sites excluding steroid dienone is 1. The predicted octanol–water partition coefficient (Wildman–Crippen LogP) is 5.37. The number of carbonyl (C=O) groups is 1. The van der Waals surface area contributed by atoms with Gasteiger partial charge in [0.15, 0.2) is 0 Å². The Kier molecular flexibility index (Phi) is 6.62. The summed E-state index contributed by atoms with van der Waals surface area (Å²) in [6.07, 6.45) is 4.23. The average molecular weight is 323 g/mol. The highest BCUT2D eigenvalue weighted by Crippen LogP contribution is 2.27. The van der Waals surface area contributed by atoms with Crippen LogP contribution in [-0.2, 0) is 4.74 Å². The SMILES string of the molecule is CCC/C(=C\Nc1ccccc1)C(C)c1ccc(C(=O)OC)cc1. The van der Waals surface area contributed by atoms with Crippen LogP contribution in [0.4, 0.5) is 5.69 Å². The molecular formula is C21H25NO2. The molecule has 0 saturated carbocycles. The number of hydrogen-bond acceptors (Lipinski definition) is 3. The number of esters is 1. The summed E-state index contributed by atoms with van der Waals surface area (Å²) < 4.78 is 4.75. The van der Waals surface area contributed by atoms with E-state index in [9.17, 15) is 4.79 Å². The number of methoxy groups -OCH3 is 1. The molecule has 0 fully saturated rings. The maximum Gasteiger partial charge on any atom is 0.337 e. The molecule has 3 heteroatoms. The molecule has 126 valence electrons. The van der Waals surface area contributed by atoms with Crippen LogP contribution in [0.1, 0.15) is 48.5 Å². The fourth-order valence-corrected chi connectivity index (χ4v) is 2.65. The van der Waals surface area contributed by atoms with E-state index in [1.807, 2.05) is 42.5 Å². The number of ether oxygens (including phenoxy) is 1. The zero-order valence-corrected chi connectivity index (χ0v) is 14.6. The third-order valence-electron chi connectivity index (χ3n) is 4.12. The Morgan fingerprint density at radius 1 is 1.12 bits per heavy atom. The molecule has 2 aromatic carbocycles.